The van der Waals surface area contributed by atoms with Crippen molar-refractivity contribution in [2.45, 2.75) is 20.4 Å². The molecule has 2 aromatic rings. The summed E-state index contributed by atoms with van der Waals surface area (Å²) < 4.78 is 13.4. The molecule has 0 saturated carbocycles. The van der Waals surface area contributed by atoms with Gasteiger partial charge in [-0.05, 0) is 31.0 Å². The normalized spacial score (nSPS) is 10.2. The Bertz CT molecular complexity index is 605. The lowest BCUT2D eigenvalue weighted by molar-refractivity contribution is 0.251. The van der Waals surface area contributed by atoms with Crippen molar-refractivity contribution >= 4 is 11.7 Å². The van der Waals surface area contributed by atoms with E-state index in [0.29, 0.717) is 5.56 Å². The number of nitrogens with one attached hydrogen (secondary N) is 2. The predicted octanol–water partition coefficient (Wildman–Crippen LogP) is 3.76. The number of benzene rings is 2. The van der Waals surface area contributed by atoms with E-state index in [2.05, 4.69) is 10.6 Å². The summed E-state index contributed by atoms with van der Waals surface area (Å²) in [5, 5.41) is 5.45. The number of halogens is 1. The van der Waals surface area contributed by atoms with Crippen molar-refractivity contribution in [3.63, 3.8) is 0 Å². The number of carbonyl (C=O) groups excluding carboxylic acids is 1. The number of aryl methyl sites for hydroxylation is 2. The van der Waals surface area contributed by atoms with E-state index >= 15 is 0 Å². The molecule has 0 heterocycles. The molecule has 2 N–H and O–H groups in total. The lowest BCUT2D eigenvalue weighted by Crippen LogP contribution is -2.29. The summed E-state index contributed by atoms with van der Waals surface area (Å²) in [7, 11) is 0. The van der Waals surface area contributed by atoms with Crippen LogP contribution in [0.3, 0.4) is 0 Å². The van der Waals surface area contributed by atoms with Crippen molar-refractivity contribution in [3.8, 4) is 0 Å². The first-order chi connectivity index (χ1) is 9.58. The Morgan fingerprint density at radius 3 is 2.35 bits per heavy atom. The topological polar surface area (TPSA) is 41.1 Å². The lowest BCUT2D eigenvalue weighted by Gasteiger charge is -2.12. The molecule has 0 aromatic heterocycles. The van der Waals surface area contributed by atoms with Crippen molar-refractivity contribution in [1.29, 1.82) is 0 Å². The quantitative estimate of drug-likeness (QED) is 0.877. The third-order valence-electron chi connectivity index (χ3n) is 3.12. The lowest BCUT2D eigenvalue weighted by atomic mass is 10.1. The highest BCUT2D eigenvalue weighted by Gasteiger charge is 2.07. The van der Waals surface area contributed by atoms with Crippen LogP contribution in [0.5, 0.6) is 0 Å². The molecule has 0 aliphatic rings. The highest BCUT2D eigenvalue weighted by Crippen LogP contribution is 2.19. The molecule has 0 fully saturated rings. The van der Waals surface area contributed by atoms with E-state index in [1.54, 1.807) is 18.2 Å². The van der Waals surface area contributed by atoms with Crippen molar-refractivity contribution in [2.24, 2.45) is 0 Å². The maximum Gasteiger partial charge on any atom is 0.319 e. The zero-order chi connectivity index (χ0) is 14.5. The first-order valence-electron chi connectivity index (χ1n) is 6.42. The molecule has 104 valence electrons. The van der Waals surface area contributed by atoms with Gasteiger partial charge in [0.1, 0.15) is 5.82 Å². The Labute approximate surface area is 117 Å². The molecule has 3 nitrogen and oxygen atoms in total. The molecule has 0 saturated heterocycles. The van der Waals surface area contributed by atoms with Crippen molar-refractivity contribution < 1.29 is 9.18 Å². The van der Waals surface area contributed by atoms with Gasteiger partial charge in [-0.2, -0.15) is 0 Å². The van der Waals surface area contributed by atoms with Gasteiger partial charge in [0.25, 0.3) is 0 Å². The summed E-state index contributed by atoms with van der Waals surface area (Å²) in [5.41, 5.74) is 3.24. The fourth-order valence-electron chi connectivity index (χ4n) is 1.99. The first-order valence-corrected chi connectivity index (χ1v) is 6.42. The third kappa shape index (κ3) is 3.35. The summed E-state index contributed by atoms with van der Waals surface area (Å²) in [6.07, 6.45) is 0. The van der Waals surface area contributed by atoms with Crippen LogP contribution in [0.15, 0.2) is 42.5 Å². The van der Waals surface area contributed by atoms with Gasteiger partial charge in [0.15, 0.2) is 0 Å². The van der Waals surface area contributed by atoms with Crippen LogP contribution in [0.1, 0.15) is 16.7 Å². The summed E-state index contributed by atoms with van der Waals surface area (Å²) in [6, 6.07) is 11.8. The number of hydrogen-bond donors (Lipinski definition) is 2. The average Bonchev–Trinajstić information content (AvgIpc) is 2.42. The largest absolute Gasteiger partial charge is 0.334 e. The van der Waals surface area contributed by atoms with E-state index in [4.69, 9.17) is 0 Å². The number of urea groups is 1. The van der Waals surface area contributed by atoms with E-state index in [1.807, 2.05) is 32.0 Å². The summed E-state index contributed by atoms with van der Waals surface area (Å²) in [5.74, 6) is -0.320. The second-order valence-electron chi connectivity index (χ2n) is 4.67. The molecule has 2 rings (SSSR count). The third-order valence-corrected chi connectivity index (χ3v) is 3.12. The number of anilines is 1. The number of carbonyl (C=O) groups is 1. The second kappa shape index (κ2) is 6.19. The van der Waals surface area contributed by atoms with E-state index < -0.39 is 0 Å². The van der Waals surface area contributed by atoms with Gasteiger partial charge in [-0.25, -0.2) is 9.18 Å². The Hall–Kier alpha value is -2.36. The summed E-state index contributed by atoms with van der Waals surface area (Å²) >= 11 is 0. The standard InChI is InChI=1S/C16H17FN2O/c1-11-6-5-7-12(2)15(11)19-16(20)18-10-13-8-3-4-9-14(13)17/h3-9H,10H2,1-2H3,(H2,18,19,20). The molecule has 0 radical (unpaired) electrons. The Morgan fingerprint density at radius 2 is 1.70 bits per heavy atom. The van der Waals surface area contributed by atoms with Gasteiger partial charge in [0.05, 0.1) is 0 Å². The monoisotopic (exact) mass is 272 g/mol. The van der Waals surface area contributed by atoms with E-state index in [9.17, 15) is 9.18 Å². The Kier molecular flexibility index (Phi) is 4.35. The molecule has 2 amide bonds. The highest BCUT2D eigenvalue weighted by atomic mass is 19.1. The van der Waals surface area contributed by atoms with Crippen LogP contribution in [0.4, 0.5) is 14.9 Å². The summed E-state index contributed by atoms with van der Waals surface area (Å²) in [6.45, 7) is 4.02. The van der Waals surface area contributed by atoms with E-state index in [1.165, 1.54) is 6.07 Å². The smallest absolute Gasteiger partial charge is 0.319 e. The fraction of sp³-hybridized carbons (Fsp3) is 0.188. The second-order valence-corrected chi connectivity index (χ2v) is 4.67. The van der Waals surface area contributed by atoms with Crippen molar-refractivity contribution in [2.75, 3.05) is 5.32 Å². The first kappa shape index (κ1) is 14.1. The summed E-state index contributed by atoms with van der Waals surface area (Å²) in [4.78, 5) is 11.9. The number of hydrogen-bond acceptors (Lipinski definition) is 1. The van der Waals surface area contributed by atoms with Gasteiger partial charge in [-0.15, -0.1) is 0 Å². The molecule has 0 spiro atoms. The molecular weight excluding hydrogens is 255 g/mol. The number of para-hydroxylation sites is 1. The average molecular weight is 272 g/mol. The zero-order valence-corrected chi connectivity index (χ0v) is 11.5. The van der Waals surface area contributed by atoms with Gasteiger partial charge in [-0.1, -0.05) is 36.4 Å². The van der Waals surface area contributed by atoms with Gasteiger partial charge in [-0.3, -0.25) is 0 Å². The fourth-order valence-corrected chi connectivity index (χ4v) is 1.99. The molecule has 0 bridgehead atoms. The van der Waals surface area contributed by atoms with Crippen LogP contribution in [0, 0.1) is 19.7 Å². The maximum absolute atomic E-state index is 13.4. The van der Waals surface area contributed by atoms with Crippen LogP contribution >= 0.6 is 0 Å². The van der Waals surface area contributed by atoms with Gasteiger partial charge < -0.3 is 10.6 Å². The minimum atomic E-state index is -0.342. The van der Waals surface area contributed by atoms with E-state index in [-0.39, 0.29) is 18.4 Å². The van der Waals surface area contributed by atoms with Crippen LogP contribution in [0.25, 0.3) is 0 Å². The molecular formula is C16H17FN2O. The molecule has 0 aliphatic heterocycles. The van der Waals surface area contributed by atoms with Crippen molar-refractivity contribution in [1.82, 2.24) is 5.32 Å². The number of rotatable bonds is 3. The molecule has 20 heavy (non-hydrogen) atoms. The van der Waals surface area contributed by atoms with Crippen LogP contribution in [0.2, 0.25) is 0 Å². The van der Waals surface area contributed by atoms with Gasteiger partial charge in [0, 0.05) is 17.8 Å². The Morgan fingerprint density at radius 1 is 1.05 bits per heavy atom. The van der Waals surface area contributed by atoms with Crippen LogP contribution < -0.4 is 10.6 Å². The maximum atomic E-state index is 13.4. The Balaban J connectivity index is 1.98. The molecule has 4 heteroatoms. The predicted molar refractivity (Wildman–Crippen MR) is 78.2 cm³/mol. The van der Waals surface area contributed by atoms with Crippen LogP contribution in [-0.4, -0.2) is 6.03 Å². The van der Waals surface area contributed by atoms with Gasteiger partial charge >= 0.3 is 6.03 Å². The van der Waals surface area contributed by atoms with E-state index in [0.717, 1.165) is 16.8 Å². The minimum Gasteiger partial charge on any atom is -0.334 e. The molecule has 0 atom stereocenters. The van der Waals surface area contributed by atoms with Crippen molar-refractivity contribution in [3.05, 3.63) is 65.0 Å². The van der Waals surface area contributed by atoms with Gasteiger partial charge in [0.2, 0.25) is 0 Å². The highest BCUT2D eigenvalue weighted by molar-refractivity contribution is 5.90. The SMILES string of the molecule is Cc1cccc(C)c1NC(=O)NCc1ccccc1F. The molecule has 0 unspecified atom stereocenters. The molecule has 0 aliphatic carbocycles. The minimum absolute atomic E-state index is 0.156. The molecule has 2 aromatic carbocycles. The number of amides is 2. The zero-order valence-electron chi connectivity index (χ0n) is 11.5. The van der Waals surface area contributed by atoms with Crippen LogP contribution in [-0.2, 0) is 6.54 Å².